The summed E-state index contributed by atoms with van der Waals surface area (Å²) in [5, 5.41) is 18.6. The van der Waals surface area contributed by atoms with Crippen molar-refractivity contribution < 1.29 is 16.8 Å². The molecular weight excluding hydrogens is 415 g/mol. The van der Waals surface area contributed by atoms with Crippen LogP contribution in [0.3, 0.4) is 0 Å². The molecule has 0 saturated carbocycles. The summed E-state index contributed by atoms with van der Waals surface area (Å²) < 4.78 is 0. The second kappa shape index (κ2) is 17.8. The van der Waals surface area contributed by atoms with E-state index in [1.54, 1.807) is 0 Å². The molecule has 0 saturated heterocycles. The van der Waals surface area contributed by atoms with Gasteiger partial charge in [-0.25, -0.2) is 6.17 Å². The van der Waals surface area contributed by atoms with Gasteiger partial charge >= 0.3 is 0 Å². The molecule has 0 fully saturated rings. The zero-order chi connectivity index (χ0) is 23.3. The minimum atomic E-state index is 0. The van der Waals surface area contributed by atoms with E-state index in [9.17, 15) is 0 Å². The van der Waals surface area contributed by atoms with Gasteiger partial charge in [-0.3, -0.25) is 0 Å². The Kier molecular flexibility index (Phi) is 20.8. The van der Waals surface area contributed by atoms with Crippen LogP contribution in [0.25, 0.3) is 21.3 Å². The van der Waals surface area contributed by atoms with Gasteiger partial charge in [-0.05, 0) is 0 Å². The molecule has 0 amide bonds. The summed E-state index contributed by atoms with van der Waals surface area (Å²) in [6.07, 6.45) is 3.55. The molecular formula is C25H54CoN4-4. The van der Waals surface area contributed by atoms with E-state index in [0.29, 0.717) is 23.9 Å². The van der Waals surface area contributed by atoms with E-state index in [0.717, 1.165) is 32.4 Å². The number of hydrogen-bond acceptors (Lipinski definition) is 0. The minimum absolute atomic E-state index is 0. The van der Waals surface area contributed by atoms with Gasteiger partial charge in [-0.2, -0.15) is 0 Å². The Bertz CT molecular complexity index is 338. The first-order chi connectivity index (χ1) is 13.1. The Hall–Kier alpha value is 0.346. The van der Waals surface area contributed by atoms with E-state index in [1.165, 1.54) is 0 Å². The summed E-state index contributed by atoms with van der Waals surface area (Å²) >= 11 is 0. The smallest absolute Gasteiger partial charge is 0 e. The van der Waals surface area contributed by atoms with Crippen molar-refractivity contribution in [2.24, 2.45) is 11.8 Å². The van der Waals surface area contributed by atoms with Crippen LogP contribution in [-0.2, 0) is 16.8 Å². The fourth-order valence-corrected chi connectivity index (χ4v) is 2.92. The van der Waals surface area contributed by atoms with E-state index in [1.807, 2.05) is 6.92 Å². The second-order valence-electron chi connectivity index (χ2n) is 11.1. The summed E-state index contributed by atoms with van der Waals surface area (Å²) in [7, 11) is 0. The van der Waals surface area contributed by atoms with Crippen LogP contribution in [0.2, 0.25) is 0 Å². The molecule has 0 N–H and O–H groups in total. The molecule has 0 heterocycles. The van der Waals surface area contributed by atoms with Crippen LogP contribution in [0.15, 0.2) is 0 Å². The largest absolute Gasteiger partial charge is 0.673 e. The van der Waals surface area contributed by atoms with Crippen molar-refractivity contribution in [1.82, 2.24) is 0 Å². The molecule has 0 spiro atoms. The maximum atomic E-state index is 4.80. The van der Waals surface area contributed by atoms with E-state index < -0.39 is 0 Å². The van der Waals surface area contributed by atoms with Crippen molar-refractivity contribution >= 4 is 0 Å². The third-order valence-electron chi connectivity index (χ3n) is 4.09. The van der Waals surface area contributed by atoms with E-state index in [-0.39, 0.29) is 34.0 Å². The van der Waals surface area contributed by atoms with Crippen molar-refractivity contribution in [3.8, 4) is 0 Å². The van der Waals surface area contributed by atoms with E-state index >= 15 is 0 Å². The molecule has 0 bridgehead atoms. The molecule has 0 aromatic rings. The summed E-state index contributed by atoms with van der Waals surface area (Å²) in [6.45, 7) is 30.0. The third-order valence-corrected chi connectivity index (χ3v) is 4.09. The monoisotopic (exact) mass is 469 g/mol. The van der Waals surface area contributed by atoms with Crippen LogP contribution in [0.1, 0.15) is 109 Å². The Labute approximate surface area is 201 Å². The van der Waals surface area contributed by atoms with Gasteiger partial charge in [-0.1, -0.05) is 114 Å². The summed E-state index contributed by atoms with van der Waals surface area (Å²) in [5.74, 6) is 1.36. The first-order valence-corrected chi connectivity index (χ1v) is 11.9. The fraction of sp³-hybridized carbons (Fsp3) is 1.00. The van der Waals surface area contributed by atoms with Crippen LogP contribution in [0.4, 0.5) is 0 Å². The standard InChI is InChI=1S/C15H32N2.C10H22N2.Co/c1-7-14(16-10-12(3)4)9-15(8-2)17-11-13(5)6;1-8(11-9(2,3)4)12-10(5,6)7;/h12-15H,7-11H2,1-6H3;8H,1-7H3;/q2*-2;. The molecule has 0 aliphatic heterocycles. The SMILES string of the molecule is CC([N-]C(C)(C)C)[N-]C(C)(C)C.CCC(CC(CC)[N-]CC(C)C)[N-]CC(C)C.[Co]. The first kappa shape index (κ1) is 34.9. The molecule has 0 aliphatic carbocycles. The van der Waals surface area contributed by atoms with E-state index in [2.05, 4.69) is 93.7 Å². The van der Waals surface area contributed by atoms with Gasteiger partial charge in [-0.15, -0.1) is 43.2 Å². The van der Waals surface area contributed by atoms with Crippen molar-refractivity contribution in [3.63, 3.8) is 0 Å². The number of rotatable bonds is 12. The molecule has 30 heavy (non-hydrogen) atoms. The molecule has 2 unspecified atom stereocenters. The normalized spacial score (nSPS) is 14.4. The predicted octanol–water partition coefficient (Wildman–Crippen LogP) is 8.67. The van der Waals surface area contributed by atoms with Crippen LogP contribution < -0.4 is 0 Å². The van der Waals surface area contributed by atoms with Gasteiger partial charge in [0.25, 0.3) is 0 Å². The molecule has 1 radical (unpaired) electrons. The van der Waals surface area contributed by atoms with Crippen molar-refractivity contribution in [2.45, 2.75) is 139 Å². The molecule has 187 valence electrons. The Morgan fingerprint density at radius 1 is 0.600 bits per heavy atom. The van der Waals surface area contributed by atoms with Crippen LogP contribution in [0, 0.1) is 11.8 Å². The van der Waals surface area contributed by atoms with Gasteiger partial charge in [0, 0.05) is 16.8 Å². The molecule has 2 atom stereocenters. The molecule has 0 rings (SSSR count). The fourth-order valence-electron chi connectivity index (χ4n) is 2.92. The van der Waals surface area contributed by atoms with Crippen LogP contribution >= 0.6 is 0 Å². The maximum Gasteiger partial charge on any atom is 0 e. The maximum absolute atomic E-state index is 4.80. The second-order valence-corrected chi connectivity index (χ2v) is 11.1. The Balaban J connectivity index is -0.000000497. The zero-order valence-corrected chi connectivity index (χ0v) is 23.6. The van der Waals surface area contributed by atoms with Gasteiger partial charge in [0.05, 0.1) is 0 Å². The Morgan fingerprint density at radius 3 is 1.10 bits per heavy atom. The quantitative estimate of drug-likeness (QED) is 0.274. The molecule has 0 aliphatic rings. The van der Waals surface area contributed by atoms with E-state index in [4.69, 9.17) is 10.6 Å². The van der Waals surface area contributed by atoms with Crippen LogP contribution in [-0.4, -0.2) is 42.4 Å². The zero-order valence-electron chi connectivity index (χ0n) is 22.5. The molecule has 5 heteroatoms. The first-order valence-electron chi connectivity index (χ1n) is 11.9. The molecule has 4 nitrogen and oxygen atoms in total. The predicted molar refractivity (Wildman–Crippen MR) is 135 cm³/mol. The van der Waals surface area contributed by atoms with Gasteiger partial charge < -0.3 is 21.3 Å². The Morgan fingerprint density at radius 2 is 0.900 bits per heavy atom. The average molecular weight is 470 g/mol. The topological polar surface area (TPSA) is 56.4 Å². The molecule has 0 aromatic carbocycles. The van der Waals surface area contributed by atoms with Crippen LogP contribution in [0.5, 0.6) is 0 Å². The van der Waals surface area contributed by atoms with Gasteiger partial charge in [0.2, 0.25) is 0 Å². The van der Waals surface area contributed by atoms with Crippen molar-refractivity contribution in [2.75, 3.05) is 13.1 Å². The minimum Gasteiger partial charge on any atom is -0.673 e. The van der Waals surface area contributed by atoms with Crippen molar-refractivity contribution in [1.29, 1.82) is 0 Å². The number of nitrogens with zero attached hydrogens (tertiary/aromatic N) is 4. The number of hydrogen-bond donors (Lipinski definition) is 0. The van der Waals surface area contributed by atoms with Gasteiger partial charge in [0.1, 0.15) is 0 Å². The average Bonchev–Trinajstić information content (AvgIpc) is 2.50. The summed E-state index contributed by atoms with van der Waals surface area (Å²) in [5.41, 5.74) is 0.0440. The summed E-state index contributed by atoms with van der Waals surface area (Å²) in [6, 6.07) is 1.02. The molecule has 0 aromatic heterocycles. The third kappa shape index (κ3) is 26.4. The van der Waals surface area contributed by atoms with Gasteiger partial charge in [0.15, 0.2) is 0 Å². The van der Waals surface area contributed by atoms with Crippen molar-refractivity contribution in [3.05, 3.63) is 21.3 Å². The summed E-state index contributed by atoms with van der Waals surface area (Å²) in [4.78, 5) is 0.